The molecule has 1 rings (SSSR count). The fourth-order valence-corrected chi connectivity index (χ4v) is 1.62. The Balaban J connectivity index is 2.79. The molecule has 0 saturated heterocycles. The Kier molecular flexibility index (Phi) is 3.88. The largest absolute Gasteiger partial charge is 0.478 e. The lowest BCUT2D eigenvalue weighted by atomic mass is 10.2. The lowest BCUT2D eigenvalue weighted by molar-refractivity contribution is 0.0695. The molecule has 0 aromatic carbocycles. The molecule has 4 nitrogen and oxygen atoms in total. The van der Waals surface area contributed by atoms with Crippen LogP contribution in [0.1, 0.15) is 29.9 Å². The molecule has 0 fully saturated rings. The van der Waals surface area contributed by atoms with Gasteiger partial charge in [-0.3, -0.25) is 0 Å². The van der Waals surface area contributed by atoms with E-state index < -0.39 is 5.97 Å². The Morgan fingerprint density at radius 1 is 1.64 bits per heavy atom. The third kappa shape index (κ3) is 2.99. The zero-order valence-corrected chi connectivity index (χ0v) is 8.91. The second kappa shape index (κ2) is 4.95. The Bertz CT molecular complexity index is 328. The third-order valence-electron chi connectivity index (χ3n) is 1.58. The van der Waals surface area contributed by atoms with Gasteiger partial charge in [0.2, 0.25) is 0 Å². The molecule has 0 bridgehead atoms. The van der Waals surface area contributed by atoms with Crippen molar-refractivity contribution in [3.63, 3.8) is 0 Å². The summed E-state index contributed by atoms with van der Waals surface area (Å²) in [5.41, 5.74) is 0.784. The first-order valence-corrected chi connectivity index (χ1v) is 5.30. The van der Waals surface area contributed by atoms with E-state index in [9.17, 15) is 4.79 Å². The highest BCUT2D eigenvalue weighted by Gasteiger charge is 2.11. The quantitative estimate of drug-likeness (QED) is 0.824. The Labute approximate surface area is 86.8 Å². The highest BCUT2D eigenvalue weighted by atomic mass is 32.2. The topological polar surface area (TPSA) is 63.1 Å². The summed E-state index contributed by atoms with van der Waals surface area (Å²) >= 11 is 1.66. The molecule has 1 N–H and O–H groups in total. The fourth-order valence-electron chi connectivity index (χ4n) is 0.894. The summed E-state index contributed by atoms with van der Waals surface area (Å²) in [5, 5.41) is 9.31. The molecule has 0 spiro atoms. The van der Waals surface area contributed by atoms with Crippen molar-refractivity contribution >= 4 is 17.7 Å². The maximum atomic E-state index is 10.8. The molecule has 1 aromatic rings. The van der Waals surface area contributed by atoms with Crippen LogP contribution in [-0.2, 0) is 5.75 Å². The van der Waals surface area contributed by atoms with Gasteiger partial charge in [-0.25, -0.2) is 14.8 Å². The Morgan fingerprint density at radius 2 is 2.36 bits per heavy atom. The summed E-state index contributed by atoms with van der Waals surface area (Å²) in [6, 6.07) is 0. The molecule has 5 heteroatoms. The average Bonchev–Trinajstić information content (AvgIpc) is 2.15. The molecule has 0 radical (unpaired) electrons. The van der Waals surface area contributed by atoms with E-state index in [0.717, 1.165) is 0 Å². The molecular weight excluding hydrogens is 200 g/mol. The van der Waals surface area contributed by atoms with Crippen molar-refractivity contribution in [1.82, 2.24) is 9.97 Å². The molecule has 0 atom stereocenters. The molecule has 0 amide bonds. The van der Waals surface area contributed by atoms with Crippen molar-refractivity contribution in [1.29, 1.82) is 0 Å². The lowest BCUT2D eigenvalue weighted by Gasteiger charge is -2.05. The number of rotatable bonds is 4. The van der Waals surface area contributed by atoms with Crippen LogP contribution in [0, 0.1) is 0 Å². The van der Waals surface area contributed by atoms with Crippen LogP contribution >= 0.6 is 11.8 Å². The maximum Gasteiger partial charge on any atom is 0.339 e. The van der Waals surface area contributed by atoms with Gasteiger partial charge in [0.1, 0.15) is 11.9 Å². The smallest absolute Gasteiger partial charge is 0.339 e. The first kappa shape index (κ1) is 11.0. The van der Waals surface area contributed by atoms with Gasteiger partial charge in [-0.15, -0.1) is 0 Å². The molecule has 14 heavy (non-hydrogen) atoms. The van der Waals surface area contributed by atoms with Crippen LogP contribution in [0.15, 0.2) is 12.5 Å². The number of aromatic nitrogens is 2. The number of aromatic carboxylic acids is 1. The summed E-state index contributed by atoms with van der Waals surface area (Å²) in [6.45, 7) is 4.12. The van der Waals surface area contributed by atoms with Gasteiger partial charge in [0, 0.05) is 11.9 Å². The van der Waals surface area contributed by atoms with Gasteiger partial charge in [-0.2, -0.15) is 11.8 Å². The Morgan fingerprint density at radius 3 is 2.93 bits per heavy atom. The fraction of sp³-hybridized carbons (Fsp3) is 0.444. The van der Waals surface area contributed by atoms with Gasteiger partial charge in [-0.05, 0) is 5.25 Å². The van der Waals surface area contributed by atoms with E-state index in [1.54, 1.807) is 11.8 Å². The summed E-state index contributed by atoms with van der Waals surface area (Å²) in [5.74, 6) is -0.355. The minimum absolute atomic E-state index is 0.195. The van der Waals surface area contributed by atoms with E-state index in [2.05, 4.69) is 23.8 Å². The predicted molar refractivity (Wildman–Crippen MR) is 55.4 cm³/mol. The summed E-state index contributed by atoms with van der Waals surface area (Å²) in [4.78, 5) is 18.4. The molecule has 0 unspecified atom stereocenters. The minimum atomic E-state index is -0.968. The van der Waals surface area contributed by atoms with Crippen molar-refractivity contribution < 1.29 is 9.90 Å². The number of hydrogen-bond acceptors (Lipinski definition) is 4. The Hall–Kier alpha value is -1.10. The van der Waals surface area contributed by atoms with Crippen LogP contribution in [0.25, 0.3) is 0 Å². The van der Waals surface area contributed by atoms with Gasteiger partial charge in [-0.1, -0.05) is 13.8 Å². The summed E-state index contributed by atoms with van der Waals surface area (Å²) in [7, 11) is 0. The lowest BCUT2D eigenvalue weighted by Crippen LogP contribution is -2.05. The van der Waals surface area contributed by atoms with Crippen LogP contribution in [0.3, 0.4) is 0 Å². The van der Waals surface area contributed by atoms with Gasteiger partial charge in [0.05, 0.1) is 5.69 Å². The van der Waals surface area contributed by atoms with Crippen LogP contribution in [0.4, 0.5) is 0 Å². The van der Waals surface area contributed by atoms with E-state index in [1.165, 1.54) is 12.5 Å². The first-order valence-electron chi connectivity index (χ1n) is 4.25. The predicted octanol–water partition coefficient (Wildman–Crippen LogP) is 1.82. The van der Waals surface area contributed by atoms with Gasteiger partial charge in [0.25, 0.3) is 0 Å². The summed E-state index contributed by atoms with van der Waals surface area (Å²) in [6.07, 6.45) is 2.72. The van der Waals surface area contributed by atoms with Crippen molar-refractivity contribution in [2.75, 3.05) is 0 Å². The van der Waals surface area contributed by atoms with Gasteiger partial charge < -0.3 is 5.11 Å². The highest BCUT2D eigenvalue weighted by Crippen LogP contribution is 2.17. The van der Waals surface area contributed by atoms with E-state index in [-0.39, 0.29) is 5.56 Å². The van der Waals surface area contributed by atoms with Crippen LogP contribution in [0.2, 0.25) is 0 Å². The molecule has 0 aliphatic heterocycles. The number of nitrogens with zero attached hydrogens (tertiary/aromatic N) is 2. The normalized spacial score (nSPS) is 10.5. The summed E-state index contributed by atoms with van der Waals surface area (Å²) < 4.78 is 0. The van der Waals surface area contributed by atoms with E-state index in [1.807, 2.05) is 0 Å². The zero-order valence-electron chi connectivity index (χ0n) is 8.10. The zero-order chi connectivity index (χ0) is 10.6. The molecule has 0 aliphatic carbocycles. The average molecular weight is 212 g/mol. The molecule has 0 aliphatic rings. The highest BCUT2D eigenvalue weighted by molar-refractivity contribution is 7.99. The first-order chi connectivity index (χ1) is 6.61. The molecular formula is C9H12N2O2S. The van der Waals surface area contributed by atoms with E-state index in [4.69, 9.17) is 5.11 Å². The number of thioether (sulfide) groups is 1. The molecule has 1 heterocycles. The van der Waals surface area contributed by atoms with Crippen LogP contribution < -0.4 is 0 Å². The molecule has 1 aromatic heterocycles. The number of hydrogen-bond donors (Lipinski definition) is 1. The number of carbonyl (C=O) groups is 1. The van der Waals surface area contributed by atoms with Crippen molar-refractivity contribution in [3.05, 3.63) is 23.8 Å². The van der Waals surface area contributed by atoms with Crippen molar-refractivity contribution in [2.45, 2.75) is 24.9 Å². The van der Waals surface area contributed by atoms with Crippen LogP contribution in [0.5, 0.6) is 0 Å². The number of carboxylic acids is 1. The van der Waals surface area contributed by atoms with Gasteiger partial charge in [0.15, 0.2) is 0 Å². The van der Waals surface area contributed by atoms with Gasteiger partial charge >= 0.3 is 5.97 Å². The molecule has 76 valence electrons. The maximum absolute atomic E-state index is 10.8. The van der Waals surface area contributed by atoms with Crippen LogP contribution in [-0.4, -0.2) is 26.3 Å². The van der Waals surface area contributed by atoms with Crippen molar-refractivity contribution in [3.8, 4) is 0 Å². The minimum Gasteiger partial charge on any atom is -0.478 e. The molecule has 0 saturated carbocycles. The SMILES string of the molecule is CC(C)SCc1ncncc1C(=O)O. The van der Waals surface area contributed by atoms with Crippen molar-refractivity contribution in [2.24, 2.45) is 0 Å². The monoisotopic (exact) mass is 212 g/mol. The second-order valence-corrected chi connectivity index (χ2v) is 4.61. The van der Waals surface area contributed by atoms with E-state index >= 15 is 0 Å². The standard InChI is InChI=1S/C9H12N2O2S/c1-6(2)14-4-8-7(9(12)13)3-10-5-11-8/h3,5-6H,4H2,1-2H3,(H,12,13). The van der Waals surface area contributed by atoms with E-state index in [0.29, 0.717) is 16.7 Å². The number of carboxylic acid groups (broad SMARTS) is 1. The second-order valence-electron chi connectivity index (χ2n) is 3.05. The third-order valence-corrected chi connectivity index (χ3v) is 2.69.